The van der Waals surface area contributed by atoms with E-state index in [1.54, 1.807) is 13.1 Å². The molecule has 0 spiro atoms. The summed E-state index contributed by atoms with van der Waals surface area (Å²) in [6, 6.07) is 14.5. The molecule has 170 valence electrons. The highest BCUT2D eigenvalue weighted by Crippen LogP contribution is 2.38. The Hall–Kier alpha value is -3.09. The Morgan fingerprint density at radius 3 is 2.53 bits per heavy atom. The lowest BCUT2D eigenvalue weighted by atomic mass is 10.1. The second-order valence-electron chi connectivity index (χ2n) is 6.52. The van der Waals surface area contributed by atoms with Crippen LogP contribution in [0.25, 0.3) is 11.3 Å². The van der Waals surface area contributed by atoms with E-state index in [0.29, 0.717) is 41.0 Å². The molecule has 0 saturated heterocycles. The van der Waals surface area contributed by atoms with Gasteiger partial charge in [0.05, 0.1) is 6.54 Å². The number of hydrogen-bond acceptors (Lipinski definition) is 6. The van der Waals surface area contributed by atoms with Crippen LogP contribution in [0.3, 0.4) is 0 Å². The molecule has 4 rings (SSSR count). The zero-order chi connectivity index (χ0) is 21.6. The molecule has 0 fully saturated rings. The number of rotatable bonds is 7. The van der Waals surface area contributed by atoms with E-state index >= 15 is 0 Å². The van der Waals surface area contributed by atoms with Crippen LogP contribution in [0.15, 0.2) is 58.0 Å². The average molecular weight is 558 g/mol. The first kappa shape index (κ1) is 23.6. The number of nitrogens with zero attached hydrogens (tertiary/aromatic N) is 2. The van der Waals surface area contributed by atoms with Gasteiger partial charge in [0.25, 0.3) is 0 Å². The van der Waals surface area contributed by atoms with E-state index in [2.05, 4.69) is 25.5 Å². The van der Waals surface area contributed by atoms with E-state index in [4.69, 9.17) is 14.0 Å². The fourth-order valence-electron chi connectivity index (χ4n) is 3.02. The van der Waals surface area contributed by atoms with Crippen molar-refractivity contribution in [2.45, 2.75) is 19.7 Å². The molecule has 2 aromatic carbocycles. The fourth-order valence-corrected chi connectivity index (χ4v) is 3.02. The third-order valence-electron chi connectivity index (χ3n) is 4.50. The number of fused-ring (bicyclic) bond motifs is 1. The van der Waals surface area contributed by atoms with Gasteiger partial charge < -0.3 is 29.4 Å². The molecule has 0 aliphatic carbocycles. The summed E-state index contributed by atoms with van der Waals surface area (Å²) in [5.41, 5.74) is 2.09. The van der Waals surface area contributed by atoms with Gasteiger partial charge in [-0.15, -0.1) is 24.0 Å². The largest absolute Gasteiger partial charge is 0.454 e. The average Bonchev–Trinajstić information content (AvgIpc) is 3.43. The highest BCUT2D eigenvalue weighted by atomic mass is 127. The molecule has 0 saturated carbocycles. The first-order valence-electron chi connectivity index (χ1n) is 9.45. The summed E-state index contributed by atoms with van der Waals surface area (Å²) in [6.45, 7) is -2.39. The summed E-state index contributed by atoms with van der Waals surface area (Å²) in [6.07, 6.45) is 0. The van der Waals surface area contributed by atoms with Crippen molar-refractivity contribution in [3.63, 3.8) is 0 Å². The van der Waals surface area contributed by atoms with E-state index < -0.39 is 6.61 Å². The first-order chi connectivity index (χ1) is 15.1. The molecule has 0 radical (unpaired) electrons. The molecule has 0 bridgehead atoms. The normalized spacial score (nSPS) is 12.4. The Labute approximate surface area is 200 Å². The predicted octanol–water partition coefficient (Wildman–Crippen LogP) is 4.15. The van der Waals surface area contributed by atoms with Crippen molar-refractivity contribution in [1.82, 2.24) is 15.8 Å². The van der Waals surface area contributed by atoms with Gasteiger partial charge >= 0.3 is 6.61 Å². The SMILES string of the molecule is CN=C(NCc1cc(-c2ccccc2)on1)NCc1cc2c(cc1OC(F)F)OCO2.I. The van der Waals surface area contributed by atoms with Crippen molar-refractivity contribution in [3.8, 4) is 28.6 Å². The molecule has 8 nitrogen and oxygen atoms in total. The van der Waals surface area contributed by atoms with E-state index in [0.717, 1.165) is 5.56 Å². The van der Waals surface area contributed by atoms with Crippen molar-refractivity contribution in [1.29, 1.82) is 0 Å². The van der Waals surface area contributed by atoms with Crippen LogP contribution in [0.2, 0.25) is 0 Å². The van der Waals surface area contributed by atoms with Crippen LogP contribution in [0.1, 0.15) is 11.3 Å². The minimum atomic E-state index is -2.96. The fraction of sp³-hybridized carbons (Fsp3) is 0.238. The van der Waals surface area contributed by atoms with Gasteiger partial charge in [-0.1, -0.05) is 35.5 Å². The van der Waals surface area contributed by atoms with Crippen molar-refractivity contribution < 1.29 is 27.5 Å². The molecule has 1 aliphatic heterocycles. The van der Waals surface area contributed by atoms with Crippen molar-refractivity contribution in [2.24, 2.45) is 4.99 Å². The van der Waals surface area contributed by atoms with Gasteiger partial charge in [0.1, 0.15) is 11.4 Å². The summed E-state index contributed by atoms with van der Waals surface area (Å²) >= 11 is 0. The van der Waals surface area contributed by atoms with Crippen LogP contribution < -0.4 is 24.8 Å². The summed E-state index contributed by atoms with van der Waals surface area (Å²) in [4.78, 5) is 4.14. The van der Waals surface area contributed by atoms with Crippen molar-refractivity contribution >= 4 is 29.9 Å². The Balaban J connectivity index is 0.00000289. The number of nitrogens with one attached hydrogen (secondary N) is 2. The van der Waals surface area contributed by atoms with Crippen LogP contribution in [0, 0.1) is 0 Å². The molecule has 11 heteroatoms. The maximum Gasteiger partial charge on any atom is 0.387 e. The van der Waals surface area contributed by atoms with Gasteiger partial charge in [0.2, 0.25) is 6.79 Å². The van der Waals surface area contributed by atoms with Crippen molar-refractivity contribution in [2.75, 3.05) is 13.8 Å². The van der Waals surface area contributed by atoms with Gasteiger partial charge in [-0.3, -0.25) is 4.99 Å². The standard InChI is InChI=1S/C21H20F2N4O4.HI/c1-24-21(26-11-15-8-17(31-27-15)13-5-3-2-4-6-13)25-10-14-7-18-19(29-12-28-18)9-16(14)30-20(22)23;/h2-9,20H,10-12H2,1H3,(H2,24,25,26);1H. The number of halogens is 3. The van der Waals surface area contributed by atoms with Gasteiger partial charge in [-0.05, 0) is 6.07 Å². The molecule has 1 aliphatic rings. The summed E-state index contributed by atoms with van der Waals surface area (Å²) in [7, 11) is 1.60. The molecule has 2 N–H and O–H groups in total. The number of ether oxygens (including phenoxy) is 3. The summed E-state index contributed by atoms with van der Waals surface area (Å²) in [5, 5.41) is 10.2. The smallest absolute Gasteiger partial charge is 0.387 e. The van der Waals surface area contributed by atoms with Gasteiger partial charge in [-0.25, -0.2) is 0 Å². The topological polar surface area (TPSA) is 90.1 Å². The molecule has 0 atom stereocenters. The Bertz CT molecular complexity index is 1060. The predicted molar refractivity (Wildman–Crippen MR) is 124 cm³/mol. The second kappa shape index (κ2) is 11.0. The first-order valence-corrected chi connectivity index (χ1v) is 9.45. The summed E-state index contributed by atoms with van der Waals surface area (Å²) < 4.78 is 46.1. The van der Waals surface area contributed by atoms with Crippen LogP contribution in [0.4, 0.5) is 8.78 Å². The number of benzene rings is 2. The number of guanidine groups is 1. The maximum absolute atomic E-state index is 12.8. The third-order valence-corrected chi connectivity index (χ3v) is 4.50. The van der Waals surface area contributed by atoms with Gasteiger partial charge in [-0.2, -0.15) is 8.78 Å². The molecule has 3 aromatic rings. The van der Waals surface area contributed by atoms with Crippen molar-refractivity contribution in [3.05, 3.63) is 59.8 Å². The van der Waals surface area contributed by atoms with Crippen LogP contribution >= 0.6 is 24.0 Å². The van der Waals surface area contributed by atoms with Gasteiger partial charge in [0.15, 0.2) is 23.2 Å². The molecule has 32 heavy (non-hydrogen) atoms. The Morgan fingerprint density at radius 1 is 1.09 bits per heavy atom. The third kappa shape index (κ3) is 5.78. The zero-order valence-electron chi connectivity index (χ0n) is 17.0. The number of aliphatic imine (C=N–C) groups is 1. The zero-order valence-corrected chi connectivity index (χ0v) is 19.3. The minimum absolute atomic E-state index is 0. The number of hydrogen-bond donors (Lipinski definition) is 2. The monoisotopic (exact) mass is 558 g/mol. The Kier molecular flexibility index (Phi) is 8.09. The lowest BCUT2D eigenvalue weighted by molar-refractivity contribution is -0.0505. The number of aromatic nitrogens is 1. The van der Waals surface area contributed by atoms with E-state index in [9.17, 15) is 8.78 Å². The van der Waals surface area contributed by atoms with Crippen LogP contribution in [-0.4, -0.2) is 31.6 Å². The van der Waals surface area contributed by atoms with Crippen LogP contribution in [-0.2, 0) is 13.1 Å². The minimum Gasteiger partial charge on any atom is -0.454 e. The van der Waals surface area contributed by atoms with E-state index in [1.165, 1.54) is 6.07 Å². The summed E-state index contributed by atoms with van der Waals surface area (Å²) in [5.74, 6) is 1.95. The molecule has 1 aromatic heterocycles. The molecule has 0 amide bonds. The highest BCUT2D eigenvalue weighted by Gasteiger charge is 2.20. The molecule has 2 heterocycles. The highest BCUT2D eigenvalue weighted by molar-refractivity contribution is 14.0. The molecular formula is C21H21F2IN4O4. The Morgan fingerprint density at radius 2 is 1.81 bits per heavy atom. The molecule has 0 unspecified atom stereocenters. The lowest BCUT2D eigenvalue weighted by Gasteiger charge is -2.15. The van der Waals surface area contributed by atoms with E-state index in [1.807, 2.05) is 36.4 Å². The number of alkyl halides is 2. The molecular weight excluding hydrogens is 537 g/mol. The second-order valence-corrected chi connectivity index (χ2v) is 6.52. The lowest BCUT2D eigenvalue weighted by Crippen LogP contribution is -2.36. The maximum atomic E-state index is 12.8. The van der Waals surface area contributed by atoms with Gasteiger partial charge in [0, 0.05) is 36.9 Å². The quantitative estimate of drug-likeness (QED) is 0.256. The van der Waals surface area contributed by atoms with Crippen LogP contribution in [0.5, 0.6) is 17.2 Å². The van der Waals surface area contributed by atoms with E-state index in [-0.39, 0.29) is 43.1 Å².